The van der Waals surface area contributed by atoms with Crippen LogP contribution in [0.3, 0.4) is 0 Å². The summed E-state index contributed by atoms with van der Waals surface area (Å²) in [5.74, 6) is -1.73. The molecule has 2 heterocycles. The van der Waals surface area contributed by atoms with Crippen molar-refractivity contribution in [3.8, 4) is 0 Å². The molecular weight excluding hydrogens is 373 g/mol. The minimum absolute atomic E-state index is 0.0852. The summed E-state index contributed by atoms with van der Waals surface area (Å²) < 4.78 is 17.1. The van der Waals surface area contributed by atoms with E-state index in [-0.39, 0.29) is 22.9 Å². The van der Waals surface area contributed by atoms with Gasteiger partial charge in [0.1, 0.15) is 11.4 Å². The lowest BCUT2D eigenvalue weighted by Crippen LogP contribution is -2.46. The Hall–Kier alpha value is -2.93. The summed E-state index contributed by atoms with van der Waals surface area (Å²) >= 11 is 0. The molecule has 1 aromatic heterocycles. The number of carboxylic acids is 1. The van der Waals surface area contributed by atoms with Crippen molar-refractivity contribution in [1.82, 2.24) is 4.57 Å². The van der Waals surface area contributed by atoms with Crippen molar-refractivity contribution < 1.29 is 14.3 Å². The van der Waals surface area contributed by atoms with Gasteiger partial charge in [-0.3, -0.25) is 4.79 Å². The fourth-order valence-electron chi connectivity index (χ4n) is 4.79. The normalized spacial score (nSPS) is 25.6. The Balaban J connectivity index is 1.73. The molecule has 3 aliphatic rings. The van der Waals surface area contributed by atoms with Crippen molar-refractivity contribution in [2.24, 2.45) is 11.7 Å². The highest BCUT2D eigenvalue weighted by molar-refractivity contribution is 5.95. The third-order valence-electron chi connectivity index (χ3n) is 6.40. The first-order valence-electron chi connectivity index (χ1n) is 9.81. The van der Waals surface area contributed by atoms with Gasteiger partial charge in [-0.25, -0.2) is 9.18 Å². The number of hydrogen-bond donors (Lipinski definition) is 2. The van der Waals surface area contributed by atoms with Gasteiger partial charge in [0.2, 0.25) is 5.43 Å². The van der Waals surface area contributed by atoms with Crippen LogP contribution in [0.25, 0.3) is 10.9 Å². The number of fused-ring (bicyclic) bond motifs is 2. The van der Waals surface area contributed by atoms with Crippen molar-refractivity contribution in [2.75, 3.05) is 18.0 Å². The average molecular weight is 395 g/mol. The van der Waals surface area contributed by atoms with Crippen LogP contribution in [0.5, 0.6) is 0 Å². The van der Waals surface area contributed by atoms with Gasteiger partial charge in [-0.2, -0.15) is 0 Å². The number of anilines is 1. The fraction of sp³-hybridized carbons (Fsp3) is 0.364. The van der Waals surface area contributed by atoms with Crippen LogP contribution in [0.4, 0.5) is 10.1 Å². The van der Waals surface area contributed by atoms with E-state index in [0.29, 0.717) is 29.9 Å². The fourth-order valence-corrected chi connectivity index (χ4v) is 4.79. The third-order valence-corrected chi connectivity index (χ3v) is 6.40. The first kappa shape index (κ1) is 18.1. The highest BCUT2D eigenvalue weighted by Gasteiger charge is 2.42. The van der Waals surface area contributed by atoms with E-state index in [1.165, 1.54) is 12.3 Å². The lowest BCUT2D eigenvalue weighted by molar-refractivity contribution is 0.0695. The Bertz CT molecular complexity index is 1180. The van der Waals surface area contributed by atoms with Gasteiger partial charge in [-0.15, -0.1) is 0 Å². The number of hydrogen-bond acceptors (Lipinski definition) is 4. The number of benzene rings is 1. The molecule has 3 N–H and O–H groups in total. The summed E-state index contributed by atoms with van der Waals surface area (Å²) in [6, 6.07) is 1.34. The van der Waals surface area contributed by atoms with Crippen LogP contribution in [0.15, 0.2) is 41.4 Å². The number of rotatable bonds is 3. The summed E-state index contributed by atoms with van der Waals surface area (Å²) in [5, 5.41) is 9.54. The molecule has 1 aromatic carbocycles. The van der Waals surface area contributed by atoms with Crippen molar-refractivity contribution in [3.05, 3.63) is 63.7 Å². The molecule has 2 fully saturated rings. The maximum Gasteiger partial charge on any atom is 0.341 e. The lowest BCUT2D eigenvalue weighted by atomic mass is 9.85. The Morgan fingerprint density at radius 1 is 1.34 bits per heavy atom. The SMILES string of the molecule is Cc1c(N2CC3C=CC=CC3(N)C2)c(F)cc2c(=O)c(C(=O)O)cn(C3CC3)c12. The Morgan fingerprint density at radius 3 is 2.76 bits per heavy atom. The van der Waals surface area contributed by atoms with Crippen LogP contribution in [0, 0.1) is 18.7 Å². The second-order valence-electron chi connectivity index (χ2n) is 8.39. The van der Waals surface area contributed by atoms with E-state index in [4.69, 9.17) is 5.73 Å². The minimum Gasteiger partial charge on any atom is -0.477 e. The average Bonchev–Trinajstić information content (AvgIpc) is 3.43. The molecule has 7 heteroatoms. The molecule has 5 rings (SSSR count). The number of nitrogens with two attached hydrogens (primary N) is 1. The first-order chi connectivity index (χ1) is 13.8. The number of nitrogens with zero attached hydrogens (tertiary/aromatic N) is 2. The van der Waals surface area contributed by atoms with E-state index in [1.54, 1.807) is 6.92 Å². The van der Waals surface area contributed by atoms with E-state index in [9.17, 15) is 14.7 Å². The molecule has 1 aliphatic heterocycles. The van der Waals surface area contributed by atoms with Gasteiger partial charge in [-0.05, 0) is 31.4 Å². The van der Waals surface area contributed by atoms with Gasteiger partial charge in [0.15, 0.2) is 0 Å². The number of carbonyl (C=O) groups is 1. The highest BCUT2D eigenvalue weighted by atomic mass is 19.1. The highest BCUT2D eigenvalue weighted by Crippen LogP contribution is 2.42. The van der Waals surface area contributed by atoms with E-state index in [2.05, 4.69) is 0 Å². The Kier molecular flexibility index (Phi) is 3.77. The molecule has 6 nitrogen and oxygen atoms in total. The second kappa shape index (κ2) is 6.03. The zero-order chi connectivity index (χ0) is 20.5. The van der Waals surface area contributed by atoms with Gasteiger partial charge < -0.3 is 20.3 Å². The molecule has 0 spiro atoms. The molecule has 1 saturated heterocycles. The zero-order valence-electron chi connectivity index (χ0n) is 16.1. The molecule has 2 aliphatic carbocycles. The first-order valence-corrected chi connectivity index (χ1v) is 9.81. The maximum absolute atomic E-state index is 15.3. The smallest absolute Gasteiger partial charge is 0.341 e. The van der Waals surface area contributed by atoms with Gasteiger partial charge in [0, 0.05) is 36.6 Å². The molecule has 2 atom stereocenters. The molecule has 29 heavy (non-hydrogen) atoms. The molecule has 0 amide bonds. The Morgan fingerprint density at radius 2 is 2.10 bits per heavy atom. The summed E-state index contributed by atoms with van der Waals surface area (Å²) in [7, 11) is 0. The summed E-state index contributed by atoms with van der Waals surface area (Å²) in [4.78, 5) is 26.2. The third kappa shape index (κ3) is 2.64. The molecule has 2 unspecified atom stereocenters. The lowest BCUT2D eigenvalue weighted by Gasteiger charge is -2.27. The Labute approximate surface area is 166 Å². The largest absolute Gasteiger partial charge is 0.477 e. The van der Waals surface area contributed by atoms with Gasteiger partial charge in [-0.1, -0.05) is 24.3 Å². The van der Waals surface area contributed by atoms with Crippen molar-refractivity contribution >= 4 is 22.6 Å². The topological polar surface area (TPSA) is 88.6 Å². The second-order valence-corrected chi connectivity index (χ2v) is 8.39. The predicted octanol–water partition coefficient (Wildman–Crippen LogP) is 2.74. The molecule has 0 radical (unpaired) electrons. The number of pyridine rings is 1. The number of allylic oxidation sites excluding steroid dienone is 2. The molecule has 150 valence electrons. The monoisotopic (exact) mass is 395 g/mol. The molecule has 1 saturated carbocycles. The van der Waals surface area contributed by atoms with Crippen LogP contribution in [0.2, 0.25) is 0 Å². The van der Waals surface area contributed by atoms with Crippen molar-refractivity contribution in [1.29, 1.82) is 0 Å². The van der Waals surface area contributed by atoms with E-state index in [1.807, 2.05) is 33.8 Å². The minimum atomic E-state index is -1.29. The maximum atomic E-state index is 15.3. The van der Waals surface area contributed by atoms with Gasteiger partial charge >= 0.3 is 5.97 Å². The number of carboxylic acid groups (broad SMARTS) is 1. The number of aromatic carboxylic acids is 1. The summed E-state index contributed by atoms with van der Waals surface area (Å²) in [6.45, 7) is 2.86. The number of aromatic nitrogens is 1. The van der Waals surface area contributed by atoms with Crippen molar-refractivity contribution in [2.45, 2.75) is 31.3 Å². The van der Waals surface area contributed by atoms with Crippen LogP contribution >= 0.6 is 0 Å². The summed E-state index contributed by atoms with van der Waals surface area (Å²) in [5.41, 5.74) is 6.74. The van der Waals surface area contributed by atoms with Crippen LogP contribution in [-0.2, 0) is 0 Å². The molecular formula is C22H22FN3O3. The number of halogens is 1. The molecule has 0 bridgehead atoms. The van der Waals surface area contributed by atoms with Gasteiger partial charge in [0.05, 0.1) is 16.7 Å². The quantitative estimate of drug-likeness (QED) is 0.834. The van der Waals surface area contributed by atoms with Crippen LogP contribution in [-0.4, -0.2) is 34.3 Å². The summed E-state index contributed by atoms with van der Waals surface area (Å²) in [6.07, 6.45) is 11.1. The predicted molar refractivity (Wildman–Crippen MR) is 109 cm³/mol. The number of aryl methyl sites for hydroxylation is 1. The van der Waals surface area contributed by atoms with Crippen LogP contribution in [0.1, 0.15) is 34.8 Å². The van der Waals surface area contributed by atoms with Crippen LogP contribution < -0.4 is 16.1 Å². The van der Waals surface area contributed by atoms with E-state index < -0.39 is 22.8 Å². The van der Waals surface area contributed by atoms with E-state index in [0.717, 1.165) is 12.8 Å². The van der Waals surface area contributed by atoms with Gasteiger partial charge in [0.25, 0.3) is 0 Å². The molecule has 2 aromatic rings. The standard InChI is InChI=1S/C22H22FN3O3/c1-12-18-15(20(27)16(21(28)29)10-26(18)14-5-6-14)8-17(23)19(12)25-9-13-4-2-3-7-22(13,24)11-25/h2-4,7-8,10,13-14H,5-6,9,11,24H2,1H3,(H,28,29). The van der Waals surface area contributed by atoms with E-state index >= 15 is 4.39 Å². The van der Waals surface area contributed by atoms with Crippen molar-refractivity contribution in [3.63, 3.8) is 0 Å². The zero-order valence-corrected chi connectivity index (χ0v) is 16.1.